The maximum Gasteiger partial charge on any atom is 0.417 e. The van der Waals surface area contributed by atoms with Crippen LogP contribution in [-0.4, -0.2) is 41.3 Å². The van der Waals surface area contributed by atoms with Gasteiger partial charge in [-0.3, -0.25) is 9.79 Å². The Morgan fingerprint density at radius 3 is 2.61 bits per heavy atom. The molecule has 0 fully saturated rings. The number of amides is 1. The van der Waals surface area contributed by atoms with E-state index in [-0.39, 0.29) is 36.0 Å². The molecular formula is C19H16ClF3N2O2S. The molecule has 0 aromatic heterocycles. The van der Waals surface area contributed by atoms with Crippen LogP contribution >= 0.6 is 11.6 Å². The highest BCUT2D eigenvalue weighted by Gasteiger charge is 2.36. The summed E-state index contributed by atoms with van der Waals surface area (Å²) in [5, 5.41) is 0.310. The van der Waals surface area contributed by atoms with Crippen LogP contribution in [0.2, 0.25) is 5.02 Å². The SMILES string of the molecule is C[S+]([O-])CCN1C(=O)CN=C(c2ccccc2C(F)(F)F)c2cc(Cl)ccc21. The first kappa shape index (κ1) is 20.7. The molecular weight excluding hydrogens is 413 g/mol. The van der Waals surface area contributed by atoms with Crippen molar-refractivity contribution < 1.29 is 22.5 Å². The number of benzodiazepines with no additional fused rings is 1. The molecule has 28 heavy (non-hydrogen) atoms. The molecule has 1 atom stereocenters. The highest BCUT2D eigenvalue weighted by atomic mass is 35.5. The normalized spacial score (nSPS) is 15.7. The summed E-state index contributed by atoms with van der Waals surface area (Å²) in [7, 11) is 0. The fourth-order valence-corrected chi connectivity index (χ4v) is 3.63. The number of fused-ring (bicyclic) bond motifs is 1. The zero-order valence-electron chi connectivity index (χ0n) is 14.8. The lowest BCUT2D eigenvalue weighted by Gasteiger charge is -2.23. The zero-order valence-corrected chi connectivity index (χ0v) is 16.4. The topological polar surface area (TPSA) is 55.7 Å². The summed E-state index contributed by atoms with van der Waals surface area (Å²) in [6.07, 6.45) is -3.06. The van der Waals surface area contributed by atoms with E-state index in [0.29, 0.717) is 16.3 Å². The Morgan fingerprint density at radius 1 is 1.21 bits per heavy atom. The summed E-state index contributed by atoms with van der Waals surface area (Å²) in [4.78, 5) is 18.2. The Hall–Kier alpha value is -2.03. The number of alkyl halides is 3. The summed E-state index contributed by atoms with van der Waals surface area (Å²) in [6.45, 7) is -0.148. The van der Waals surface area contributed by atoms with E-state index in [1.54, 1.807) is 12.1 Å². The molecule has 0 bridgehead atoms. The molecule has 148 valence electrons. The van der Waals surface area contributed by atoms with Crippen LogP contribution in [0.1, 0.15) is 16.7 Å². The largest absolute Gasteiger partial charge is 0.617 e. The Bertz CT molecular complexity index is 932. The number of hydrogen-bond acceptors (Lipinski definition) is 3. The molecule has 1 aliphatic rings. The van der Waals surface area contributed by atoms with Gasteiger partial charge in [0.1, 0.15) is 12.3 Å². The molecule has 0 saturated heterocycles. The van der Waals surface area contributed by atoms with Gasteiger partial charge in [0.2, 0.25) is 5.91 Å². The van der Waals surface area contributed by atoms with E-state index in [9.17, 15) is 22.5 Å². The minimum absolute atomic E-state index is 0.0545. The number of nitrogens with zero attached hydrogens (tertiary/aromatic N) is 2. The average Bonchev–Trinajstić information content (AvgIpc) is 2.75. The Labute approximate surface area is 168 Å². The van der Waals surface area contributed by atoms with Gasteiger partial charge in [-0.1, -0.05) is 41.0 Å². The summed E-state index contributed by atoms with van der Waals surface area (Å²) in [6, 6.07) is 9.73. The van der Waals surface area contributed by atoms with Crippen LogP contribution in [0.4, 0.5) is 18.9 Å². The molecule has 2 aromatic carbocycles. The third-order valence-electron chi connectivity index (χ3n) is 4.27. The van der Waals surface area contributed by atoms with Crippen LogP contribution < -0.4 is 4.90 Å². The van der Waals surface area contributed by atoms with E-state index in [4.69, 9.17) is 11.6 Å². The molecule has 2 aromatic rings. The predicted molar refractivity (Wildman–Crippen MR) is 105 cm³/mol. The first-order valence-corrected chi connectivity index (χ1v) is 10.4. The molecule has 4 nitrogen and oxygen atoms in total. The Morgan fingerprint density at radius 2 is 1.93 bits per heavy atom. The summed E-state index contributed by atoms with van der Waals surface area (Å²) < 4.78 is 52.1. The van der Waals surface area contributed by atoms with Crippen LogP contribution in [-0.2, 0) is 22.1 Å². The van der Waals surface area contributed by atoms with Gasteiger partial charge in [0.25, 0.3) is 0 Å². The highest BCUT2D eigenvalue weighted by Crippen LogP contribution is 2.36. The van der Waals surface area contributed by atoms with Gasteiger partial charge in [0.05, 0.1) is 29.8 Å². The lowest BCUT2D eigenvalue weighted by Crippen LogP contribution is -2.36. The summed E-state index contributed by atoms with van der Waals surface area (Å²) in [5.41, 5.74) is -0.175. The molecule has 3 rings (SSSR count). The smallest absolute Gasteiger partial charge is 0.417 e. The van der Waals surface area contributed by atoms with E-state index in [0.717, 1.165) is 6.07 Å². The molecule has 1 aliphatic heterocycles. The Kier molecular flexibility index (Phi) is 6.02. The van der Waals surface area contributed by atoms with Crippen molar-refractivity contribution in [3.8, 4) is 0 Å². The van der Waals surface area contributed by atoms with E-state index in [1.165, 1.54) is 35.4 Å². The van der Waals surface area contributed by atoms with Crippen molar-refractivity contribution in [2.45, 2.75) is 6.18 Å². The average molecular weight is 429 g/mol. The molecule has 0 radical (unpaired) electrons. The van der Waals surface area contributed by atoms with Gasteiger partial charge in [-0.05, 0) is 24.3 Å². The zero-order chi connectivity index (χ0) is 20.5. The van der Waals surface area contributed by atoms with Crippen LogP contribution in [0.3, 0.4) is 0 Å². The second-order valence-electron chi connectivity index (χ2n) is 6.19. The molecule has 1 amide bonds. The highest BCUT2D eigenvalue weighted by molar-refractivity contribution is 7.90. The second kappa shape index (κ2) is 8.14. The summed E-state index contributed by atoms with van der Waals surface area (Å²) in [5.74, 6) is -0.143. The summed E-state index contributed by atoms with van der Waals surface area (Å²) >= 11 is 4.96. The van der Waals surface area contributed by atoms with Crippen molar-refractivity contribution in [1.82, 2.24) is 0 Å². The van der Waals surface area contributed by atoms with Gasteiger partial charge < -0.3 is 9.45 Å². The van der Waals surface area contributed by atoms with Crippen molar-refractivity contribution >= 4 is 40.1 Å². The lowest BCUT2D eigenvalue weighted by molar-refractivity contribution is -0.137. The first-order valence-electron chi connectivity index (χ1n) is 8.30. The third kappa shape index (κ3) is 4.34. The van der Waals surface area contributed by atoms with Gasteiger partial charge in [-0.15, -0.1) is 0 Å². The van der Waals surface area contributed by atoms with Crippen LogP contribution in [0, 0.1) is 0 Å². The number of aliphatic imine (C=N–C) groups is 1. The predicted octanol–water partition coefficient (Wildman–Crippen LogP) is 3.92. The second-order valence-corrected chi connectivity index (χ2v) is 8.18. The quantitative estimate of drug-likeness (QED) is 0.693. The monoisotopic (exact) mass is 428 g/mol. The number of halogens is 4. The van der Waals surface area contributed by atoms with Gasteiger partial charge in [0.15, 0.2) is 0 Å². The minimum Gasteiger partial charge on any atom is -0.617 e. The fourth-order valence-electron chi connectivity index (χ4n) is 3.02. The van der Waals surface area contributed by atoms with E-state index >= 15 is 0 Å². The van der Waals surface area contributed by atoms with Gasteiger partial charge in [0, 0.05) is 16.1 Å². The van der Waals surface area contributed by atoms with Crippen molar-refractivity contribution in [1.29, 1.82) is 0 Å². The first-order chi connectivity index (χ1) is 13.2. The number of hydrogen-bond donors (Lipinski definition) is 0. The van der Waals surface area contributed by atoms with Crippen molar-refractivity contribution in [2.24, 2.45) is 4.99 Å². The maximum absolute atomic E-state index is 13.5. The minimum atomic E-state index is -4.58. The van der Waals surface area contributed by atoms with E-state index in [2.05, 4.69) is 4.99 Å². The van der Waals surface area contributed by atoms with Gasteiger partial charge in [-0.25, -0.2) is 0 Å². The van der Waals surface area contributed by atoms with E-state index in [1.807, 2.05) is 0 Å². The molecule has 0 N–H and O–H groups in total. The van der Waals surface area contributed by atoms with Crippen LogP contribution in [0.25, 0.3) is 0 Å². The maximum atomic E-state index is 13.5. The van der Waals surface area contributed by atoms with Crippen LogP contribution in [0.15, 0.2) is 47.5 Å². The molecule has 1 unspecified atom stereocenters. The molecule has 0 aliphatic carbocycles. The molecule has 0 saturated carbocycles. The van der Waals surface area contributed by atoms with Crippen LogP contribution in [0.5, 0.6) is 0 Å². The Balaban J connectivity index is 2.18. The molecule has 9 heteroatoms. The number of anilines is 1. The number of rotatable bonds is 4. The standard InChI is InChI=1S/C19H16ClF3N2O2S/c1-28(27)9-8-25-16-7-6-12(20)10-14(16)18(24-11-17(25)26)13-4-2-3-5-15(13)19(21,22)23/h2-7,10H,8-9,11H2,1H3. The number of benzene rings is 2. The van der Waals surface area contributed by atoms with Gasteiger partial charge in [-0.2, -0.15) is 13.2 Å². The van der Waals surface area contributed by atoms with Crippen molar-refractivity contribution in [3.05, 3.63) is 64.2 Å². The van der Waals surface area contributed by atoms with Crippen molar-refractivity contribution in [3.63, 3.8) is 0 Å². The number of carbonyl (C=O) groups excluding carboxylic acids is 1. The van der Waals surface area contributed by atoms with Crippen molar-refractivity contribution in [2.75, 3.05) is 30.0 Å². The number of carbonyl (C=O) groups is 1. The lowest BCUT2D eigenvalue weighted by atomic mass is 9.95. The van der Waals surface area contributed by atoms with Gasteiger partial charge >= 0.3 is 6.18 Å². The fraction of sp³-hybridized carbons (Fsp3) is 0.263. The van der Waals surface area contributed by atoms with E-state index < -0.39 is 22.9 Å². The molecule has 0 spiro atoms. The third-order valence-corrected chi connectivity index (χ3v) is 5.26. The molecule has 1 heterocycles.